The number of nitrogens with one attached hydrogen (secondary N) is 1. The molecule has 1 aromatic heterocycles. The van der Waals surface area contributed by atoms with Crippen molar-refractivity contribution in [3.05, 3.63) is 22.6 Å². The predicted molar refractivity (Wildman–Crippen MR) is 67.1 cm³/mol. The topological polar surface area (TPSA) is 46.9 Å². The molecule has 1 N–H and O–H groups in total. The Labute approximate surface area is 101 Å². The van der Waals surface area contributed by atoms with Gasteiger partial charge in [-0.1, -0.05) is 12.8 Å². The Morgan fingerprint density at radius 1 is 1.29 bits per heavy atom. The fraction of sp³-hybridized carbons (Fsp3) is 0.692. The van der Waals surface area contributed by atoms with Crippen LogP contribution in [0.3, 0.4) is 0 Å². The van der Waals surface area contributed by atoms with Gasteiger partial charge < -0.3 is 5.32 Å². The quantitative estimate of drug-likeness (QED) is 0.865. The minimum absolute atomic E-state index is 0.0301. The molecule has 3 rings (SSSR count). The van der Waals surface area contributed by atoms with E-state index in [2.05, 4.69) is 10.4 Å². The number of hydrogen-bond donors (Lipinski definition) is 1. The number of nitrogens with zero attached hydrogens (tertiary/aromatic N) is 2. The van der Waals surface area contributed by atoms with Gasteiger partial charge in [0.05, 0.1) is 11.9 Å². The Bertz CT molecular complexity index is 444. The summed E-state index contributed by atoms with van der Waals surface area (Å²) in [6, 6.07) is 2.25. The Kier molecular flexibility index (Phi) is 2.87. The zero-order valence-corrected chi connectivity index (χ0v) is 10.1. The summed E-state index contributed by atoms with van der Waals surface area (Å²) in [6.07, 6.45) is 9.32. The average molecular weight is 233 g/mol. The normalized spacial score (nSPS) is 20.7. The molecule has 0 radical (unpaired) electrons. The molecule has 0 aromatic carbocycles. The van der Waals surface area contributed by atoms with Crippen LogP contribution in [0.2, 0.25) is 0 Å². The van der Waals surface area contributed by atoms with Crippen molar-refractivity contribution in [3.63, 3.8) is 0 Å². The molecule has 1 aromatic rings. The maximum Gasteiger partial charge on any atom is 0.268 e. The molecule has 1 heterocycles. The van der Waals surface area contributed by atoms with Crippen LogP contribution in [0.4, 0.5) is 5.69 Å². The highest BCUT2D eigenvalue weighted by atomic mass is 16.1. The zero-order valence-electron chi connectivity index (χ0n) is 10.1. The lowest BCUT2D eigenvalue weighted by Gasteiger charge is -2.11. The van der Waals surface area contributed by atoms with Gasteiger partial charge in [-0.3, -0.25) is 4.79 Å². The van der Waals surface area contributed by atoms with Gasteiger partial charge in [0.15, 0.2) is 0 Å². The highest BCUT2D eigenvalue weighted by molar-refractivity contribution is 5.41. The van der Waals surface area contributed by atoms with Crippen LogP contribution in [0.15, 0.2) is 17.1 Å². The third kappa shape index (κ3) is 2.68. The zero-order chi connectivity index (χ0) is 11.7. The van der Waals surface area contributed by atoms with E-state index in [9.17, 15) is 4.79 Å². The van der Waals surface area contributed by atoms with Crippen LogP contribution in [0, 0.1) is 5.92 Å². The summed E-state index contributed by atoms with van der Waals surface area (Å²) in [5.74, 6) is 0.655. The molecule has 0 spiro atoms. The molecule has 0 atom stereocenters. The van der Waals surface area contributed by atoms with Crippen molar-refractivity contribution in [1.82, 2.24) is 9.78 Å². The fourth-order valence-corrected chi connectivity index (χ4v) is 2.55. The summed E-state index contributed by atoms with van der Waals surface area (Å²) in [4.78, 5) is 11.9. The number of rotatable bonds is 4. The van der Waals surface area contributed by atoms with E-state index < -0.39 is 0 Å². The van der Waals surface area contributed by atoms with Crippen molar-refractivity contribution in [2.24, 2.45) is 5.92 Å². The van der Waals surface area contributed by atoms with Gasteiger partial charge in [-0.15, -0.1) is 0 Å². The van der Waals surface area contributed by atoms with Crippen LogP contribution in [-0.2, 0) is 6.54 Å². The van der Waals surface area contributed by atoms with Crippen LogP contribution >= 0.6 is 0 Å². The van der Waals surface area contributed by atoms with Crippen LogP contribution in [-0.4, -0.2) is 15.8 Å². The first-order chi connectivity index (χ1) is 8.31. The Balaban J connectivity index is 1.69. The lowest BCUT2D eigenvalue weighted by molar-refractivity contribution is 0.415. The minimum atomic E-state index is 0.0301. The van der Waals surface area contributed by atoms with Gasteiger partial charge in [-0.2, -0.15) is 5.10 Å². The van der Waals surface area contributed by atoms with E-state index in [1.165, 1.54) is 38.5 Å². The molecule has 4 nitrogen and oxygen atoms in total. The van der Waals surface area contributed by atoms with Gasteiger partial charge in [0, 0.05) is 18.7 Å². The second kappa shape index (κ2) is 4.51. The van der Waals surface area contributed by atoms with E-state index in [4.69, 9.17) is 0 Å². The summed E-state index contributed by atoms with van der Waals surface area (Å²) < 4.78 is 1.62. The van der Waals surface area contributed by atoms with E-state index in [1.807, 2.05) is 0 Å². The second-order valence-corrected chi connectivity index (χ2v) is 5.33. The molecular formula is C13H19N3O. The smallest absolute Gasteiger partial charge is 0.268 e. The van der Waals surface area contributed by atoms with E-state index in [0.29, 0.717) is 12.0 Å². The highest BCUT2D eigenvalue weighted by Crippen LogP contribution is 2.26. The molecular weight excluding hydrogens is 214 g/mol. The second-order valence-electron chi connectivity index (χ2n) is 5.33. The van der Waals surface area contributed by atoms with Crippen LogP contribution in [0.1, 0.15) is 38.5 Å². The largest absolute Gasteiger partial charge is 0.381 e. The standard InChI is InChI=1S/C13H19N3O/c17-13-7-12(15-11-5-6-11)8-14-16(13)9-10-3-1-2-4-10/h7-8,10-11,15H,1-6,9H2. The van der Waals surface area contributed by atoms with E-state index >= 15 is 0 Å². The fourth-order valence-electron chi connectivity index (χ4n) is 2.55. The Morgan fingerprint density at radius 3 is 2.71 bits per heavy atom. The molecule has 2 fully saturated rings. The molecule has 0 aliphatic heterocycles. The van der Waals surface area contributed by atoms with Crippen molar-refractivity contribution in [3.8, 4) is 0 Å². The lowest BCUT2D eigenvalue weighted by atomic mass is 10.1. The molecule has 0 unspecified atom stereocenters. The predicted octanol–water partition coefficient (Wildman–Crippen LogP) is 2.01. The monoisotopic (exact) mass is 233 g/mol. The van der Waals surface area contributed by atoms with Gasteiger partial charge >= 0.3 is 0 Å². The number of aromatic nitrogens is 2. The molecule has 0 bridgehead atoms. The third-order valence-electron chi connectivity index (χ3n) is 3.72. The van der Waals surface area contributed by atoms with E-state index in [0.717, 1.165) is 12.2 Å². The maximum atomic E-state index is 11.9. The maximum absolute atomic E-state index is 11.9. The van der Waals surface area contributed by atoms with Gasteiger partial charge in [-0.25, -0.2) is 4.68 Å². The van der Waals surface area contributed by atoms with Gasteiger partial charge in [0.2, 0.25) is 0 Å². The first-order valence-electron chi connectivity index (χ1n) is 6.65. The highest BCUT2D eigenvalue weighted by Gasteiger charge is 2.21. The van der Waals surface area contributed by atoms with Crippen molar-refractivity contribution < 1.29 is 0 Å². The Hall–Kier alpha value is -1.32. The first-order valence-corrected chi connectivity index (χ1v) is 6.65. The van der Waals surface area contributed by atoms with E-state index in [1.54, 1.807) is 16.9 Å². The molecule has 4 heteroatoms. The summed E-state index contributed by atoms with van der Waals surface area (Å²) in [6.45, 7) is 0.794. The Morgan fingerprint density at radius 2 is 2.06 bits per heavy atom. The average Bonchev–Trinajstić information content (AvgIpc) is 2.97. The first kappa shape index (κ1) is 10.8. The molecule has 0 amide bonds. The number of hydrogen-bond acceptors (Lipinski definition) is 3. The molecule has 92 valence electrons. The summed E-state index contributed by atoms with van der Waals surface area (Å²) in [5, 5.41) is 7.57. The van der Waals surface area contributed by atoms with E-state index in [-0.39, 0.29) is 5.56 Å². The molecule has 2 aliphatic rings. The van der Waals surface area contributed by atoms with Crippen LogP contribution < -0.4 is 10.9 Å². The SMILES string of the molecule is O=c1cc(NC2CC2)cnn1CC1CCCC1. The van der Waals surface area contributed by atoms with Crippen molar-refractivity contribution >= 4 is 5.69 Å². The van der Waals surface area contributed by atoms with Crippen molar-refractivity contribution in [2.75, 3.05) is 5.32 Å². The molecule has 2 aliphatic carbocycles. The summed E-state index contributed by atoms with van der Waals surface area (Å²) >= 11 is 0. The van der Waals surface area contributed by atoms with Crippen LogP contribution in [0.25, 0.3) is 0 Å². The minimum Gasteiger partial charge on any atom is -0.381 e. The molecule has 0 saturated heterocycles. The number of anilines is 1. The van der Waals surface area contributed by atoms with Crippen LogP contribution in [0.5, 0.6) is 0 Å². The lowest BCUT2D eigenvalue weighted by Crippen LogP contribution is -2.25. The van der Waals surface area contributed by atoms with Crippen molar-refractivity contribution in [1.29, 1.82) is 0 Å². The van der Waals surface area contributed by atoms with Gasteiger partial charge in [-0.05, 0) is 31.6 Å². The van der Waals surface area contributed by atoms with Gasteiger partial charge in [0.25, 0.3) is 5.56 Å². The molecule has 2 saturated carbocycles. The van der Waals surface area contributed by atoms with Crippen molar-refractivity contribution in [2.45, 2.75) is 51.1 Å². The summed E-state index contributed by atoms with van der Waals surface area (Å²) in [7, 11) is 0. The molecule has 17 heavy (non-hydrogen) atoms. The third-order valence-corrected chi connectivity index (χ3v) is 3.72. The summed E-state index contributed by atoms with van der Waals surface area (Å²) in [5.41, 5.74) is 0.905. The van der Waals surface area contributed by atoms with Gasteiger partial charge in [0.1, 0.15) is 0 Å².